The number of aliphatic imine (C=N–C) groups is 1. The van der Waals surface area contributed by atoms with Crippen LogP contribution in [0.4, 0.5) is 5.69 Å². The summed E-state index contributed by atoms with van der Waals surface area (Å²) in [4.78, 5) is 13.6. The Hall–Kier alpha value is -2.07. The van der Waals surface area contributed by atoms with Gasteiger partial charge in [-0.15, -0.1) is 0 Å². The van der Waals surface area contributed by atoms with Crippen molar-refractivity contribution in [2.75, 3.05) is 12.5 Å². The van der Waals surface area contributed by atoms with E-state index in [1.54, 1.807) is 6.19 Å². The molecule has 0 bridgehead atoms. The Labute approximate surface area is 101 Å². The molecule has 0 atom stereocenters. The summed E-state index contributed by atoms with van der Waals surface area (Å²) in [6, 6.07) is 5.79. The first kappa shape index (κ1) is 13.0. The smallest absolute Gasteiger partial charge is 0.258 e. The molecule has 7 heteroatoms. The lowest BCUT2D eigenvalue weighted by molar-refractivity contribution is -0.384. The molecule has 0 heterocycles. The Bertz CT molecular complexity index is 524. The van der Waals surface area contributed by atoms with Crippen LogP contribution >= 0.6 is 0 Å². The molecular weight excluding hydrogens is 240 g/mol. The second kappa shape index (κ2) is 5.86. The first-order valence-electron chi connectivity index (χ1n) is 4.55. The van der Waals surface area contributed by atoms with Crippen LogP contribution in [-0.4, -0.2) is 23.3 Å². The largest absolute Gasteiger partial charge is 0.269 e. The van der Waals surface area contributed by atoms with Crippen molar-refractivity contribution in [2.45, 2.75) is 0 Å². The fourth-order valence-corrected chi connectivity index (χ4v) is 1.58. The number of nitrogens with zero attached hydrogens (tertiary/aromatic N) is 4. The molecule has 0 saturated carbocycles. The minimum atomic E-state index is -0.480. The molecule has 17 heavy (non-hydrogen) atoms. The van der Waals surface area contributed by atoms with Crippen LogP contribution in [0.2, 0.25) is 0 Å². The molecule has 1 aromatic carbocycles. The number of benzene rings is 1. The number of nitro benzene ring substituents is 1. The highest BCUT2D eigenvalue weighted by molar-refractivity contribution is 7.86. The van der Waals surface area contributed by atoms with E-state index in [1.165, 1.54) is 24.3 Å². The van der Waals surface area contributed by atoms with Crippen molar-refractivity contribution in [3.05, 3.63) is 39.9 Å². The quantitative estimate of drug-likeness (QED) is 0.264. The molecule has 0 amide bonds. The van der Waals surface area contributed by atoms with Crippen molar-refractivity contribution in [1.29, 1.82) is 5.26 Å². The molecule has 0 fully saturated rings. The van der Waals surface area contributed by atoms with Crippen molar-refractivity contribution in [3.63, 3.8) is 0 Å². The van der Waals surface area contributed by atoms with Gasteiger partial charge in [0.05, 0.1) is 4.92 Å². The highest BCUT2D eigenvalue weighted by atomic mass is 32.2. The molecule has 0 unspecified atom stereocenters. The number of amidine groups is 1. The maximum absolute atomic E-state index is 10.5. The molecule has 0 saturated heterocycles. The van der Waals surface area contributed by atoms with Gasteiger partial charge in [-0.3, -0.25) is 10.1 Å². The minimum absolute atomic E-state index is 0.00273. The van der Waals surface area contributed by atoms with Gasteiger partial charge in [-0.05, 0) is 24.6 Å². The summed E-state index contributed by atoms with van der Waals surface area (Å²) in [7, 11) is -0.253. The fraction of sp³-hybridized carbons (Fsp3) is 0.200. The van der Waals surface area contributed by atoms with Gasteiger partial charge in [0.15, 0.2) is 5.84 Å². The SMILES string of the molecule is CS(C)=NC(=NC#N)c1ccc([N+](=O)[O-])cc1. The lowest BCUT2D eigenvalue weighted by atomic mass is 10.2. The molecule has 6 nitrogen and oxygen atoms in total. The van der Waals surface area contributed by atoms with Crippen molar-refractivity contribution in [2.24, 2.45) is 9.36 Å². The lowest BCUT2D eigenvalue weighted by Crippen LogP contribution is -1.99. The van der Waals surface area contributed by atoms with Gasteiger partial charge in [0.2, 0.25) is 6.19 Å². The second-order valence-corrected chi connectivity index (χ2v) is 4.93. The molecule has 1 aromatic rings. The molecule has 0 aliphatic rings. The van der Waals surface area contributed by atoms with Gasteiger partial charge in [0.25, 0.3) is 5.69 Å². The van der Waals surface area contributed by atoms with E-state index in [4.69, 9.17) is 5.26 Å². The van der Waals surface area contributed by atoms with Gasteiger partial charge in [-0.25, -0.2) is 4.36 Å². The number of nitro groups is 1. The monoisotopic (exact) mass is 250 g/mol. The van der Waals surface area contributed by atoms with Crippen LogP contribution in [-0.2, 0) is 10.7 Å². The third-order valence-electron chi connectivity index (χ3n) is 1.76. The van der Waals surface area contributed by atoms with Crippen molar-refractivity contribution in [3.8, 4) is 6.19 Å². The van der Waals surface area contributed by atoms with Gasteiger partial charge < -0.3 is 0 Å². The summed E-state index contributed by atoms with van der Waals surface area (Å²) < 4.78 is 4.20. The predicted octanol–water partition coefficient (Wildman–Crippen LogP) is 1.88. The molecule has 1 rings (SSSR count). The van der Waals surface area contributed by atoms with Crippen LogP contribution in [0.25, 0.3) is 0 Å². The third-order valence-corrected chi connectivity index (χ3v) is 2.30. The zero-order valence-corrected chi connectivity index (χ0v) is 10.1. The number of rotatable bonds is 2. The summed E-state index contributed by atoms with van der Waals surface area (Å²) in [5.74, 6) is 0.302. The number of hydrogen-bond donors (Lipinski definition) is 0. The first-order valence-corrected chi connectivity index (χ1v) is 6.55. The Morgan fingerprint density at radius 2 is 2.00 bits per heavy atom. The zero-order chi connectivity index (χ0) is 12.8. The minimum Gasteiger partial charge on any atom is -0.258 e. The van der Waals surface area contributed by atoms with Crippen molar-refractivity contribution < 1.29 is 4.92 Å². The maximum atomic E-state index is 10.5. The fourth-order valence-electron chi connectivity index (χ4n) is 1.09. The summed E-state index contributed by atoms with van der Waals surface area (Å²) in [6.07, 6.45) is 5.45. The highest BCUT2D eigenvalue weighted by Gasteiger charge is 2.07. The topological polar surface area (TPSA) is 91.7 Å². The Morgan fingerprint density at radius 3 is 2.41 bits per heavy atom. The van der Waals surface area contributed by atoms with E-state index in [-0.39, 0.29) is 16.4 Å². The summed E-state index contributed by atoms with van der Waals surface area (Å²) in [6.45, 7) is 0. The van der Waals surface area contributed by atoms with E-state index in [0.717, 1.165) is 0 Å². The highest BCUT2D eigenvalue weighted by Crippen LogP contribution is 2.13. The van der Waals surface area contributed by atoms with Gasteiger partial charge in [-0.2, -0.15) is 10.3 Å². The van der Waals surface area contributed by atoms with Crippen molar-refractivity contribution in [1.82, 2.24) is 0 Å². The van der Waals surface area contributed by atoms with E-state index in [1.807, 2.05) is 12.5 Å². The average Bonchev–Trinajstić information content (AvgIpc) is 2.28. The second-order valence-electron chi connectivity index (χ2n) is 3.20. The summed E-state index contributed by atoms with van der Waals surface area (Å²) >= 11 is 0. The van der Waals surface area contributed by atoms with Gasteiger partial charge in [-0.1, -0.05) is 10.7 Å². The van der Waals surface area contributed by atoms with E-state index in [9.17, 15) is 10.1 Å². The van der Waals surface area contributed by atoms with Gasteiger partial charge in [0, 0.05) is 17.7 Å². The average molecular weight is 250 g/mol. The molecule has 0 aliphatic heterocycles. The molecule has 88 valence electrons. The Kier molecular flexibility index (Phi) is 4.48. The van der Waals surface area contributed by atoms with E-state index in [2.05, 4.69) is 9.36 Å². The number of non-ortho nitro benzene ring substituents is 1. The van der Waals surface area contributed by atoms with Gasteiger partial charge in [0.1, 0.15) is 0 Å². The third kappa shape index (κ3) is 3.77. The van der Waals surface area contributed by atoms with Gasteiger partial charge >= 0.3 is 0 Å². The molecule has 0 N–H and O–H groups in total. The number of hydrogen-bond acceptors (Lipinski definition) is 4. The Morgan fingerprint density at radius 1 is 1.41 bits per heavy atom. The van der Waals surface area contributed by atoms with Crippen LogP contribution < -0.4 is 0 Å². The lowest BCUT2D eigenvalue weighted by Gasteiger charge is -1.99. The zero-order valence-electron chi connectivity index (χ0n) is 9.32. The van der Waals surface area contributed by atoms with Crippen LogP contribution in [0.1, 0.15) is 5.56 Å². The first-order chi connectivity index (χ1) is 8.04. The van der Waals surface area contributed by atoms with E-state index < -0.39 is 4.92 Å². The van der Waals surface area contributed by atoms with Crippen LogP contribution in [0.5, 0.6) is 0 Å². The van der Waals surface area contributed by atoms with E-state index >= 15 is 0 Å². The molecule has 0 aliphatic carbocycles. The summed E-state index contributed by atoms with van der Waals surface area (Å²) in [5, 5.41) is 19.0. The predicted molar refractivity (Wildman–Crippen MR) is 66.9 cm³/mol. The Balaban J connectivity index is 3.14. The van der Waals surface area contributed by atoms with Crippen LogP contribution in [0.3, 0.4) is 0 Å². The number of nitriles is 1. The molecule has 0 radical (unpaired) electrons. The van der Waals surface area contributed by atoms with Crippen LogP contribution in [0, 0.1) is 21.6 Å². The standard InChI is InChI=1S/C10H10N4O2S/c1-17(2)13-10(12-7-11)8-3-5-9(6-4-8)14(15)16/h3-6H,1-2H3. The molecular formula is C10H10N4O2S. The maximum Gasteiger partial charge on any atom is 0.269 e. The molecule has 0 spiro atoms. The van der Waals surface area contributed by atoms with Crippen molar-refractivity contribution >= 4 is 22.2 Å². The van der Waals surface area contributed by atoms with Crippen LogP contribution in [0.15, 0.2) is 33.6 Å². The van der Waals surface area contributed by atoms with E-state index in [0.29, 0.717) is 11.4 Å². The molecule has 0 aromatic heterocycles. The normalized spacial score (nSPS) is 11.1. The summed E-state index contributed by atoms with van der Waals surface area (Å²) in [5.41, 5.74) is 0.593.